The van der Waals surface area contributed by atoms with Crippen molar-refractivity contribution in [3.05, 3.63) is 50.2 Å². The molecule has 21 heavy (non-hydrogen) atoms. The van der Waals surface area contributed by atoms with Crippen LogP contribution in [0.25, 0.3) is 0 Å². The molecule has 0 bridgehead atoms. The Morgan fingerprint density at radius 2 is 1.90 bits per heavy atom. The summed E-state index contributed by atoms with van der Waals surface area (Å²) in [5.41, 5.74) is 3.59. The minimum Gasteiger partial charge on any atom is -0.496 e. The highest BCUT2D eigenvalue weighted by atomic mass is 35.5. The first-order valence-electron chi connectivity index (χ1n) is 7.20. The number of methoxy groups -OCH3 is 1. The summed E-state index contributed by atoms with van der Waals surface area (Å²) in [6.45, 7) is 7.33. The highest BCUT2D eigenvalue weighted by Crippen LogP contribution is 2.34. The van der Waals surface area contributed by atoms with E-state index < -0.39 is 0 Å². The van der Waals surface area contributed by atoms with Gasteiger partial charge in [-0.2, -0.15) is 0 Å². The van der Waals surface area contributed by atoms with Crippen molar-refractivity contribution < 1.29 is 4.74 Å². The van der Waals surface area contributed by atoms with Gasteiger partial charge in [-0.05, 0) is 55.6 Å². The van der Waals surface area contributed by atoms with Crippen molar-refractivity contribution in [1.82, 2.24) is 5.32 Å². The zero-order valence-electron chi connectivity index (χ0n) is 13.0. The van der Waals surface area contributed by atoms with Gasteiger partial charge in [0.2, 0.25) is 0 Å². The van der Waals surface area contributed by atoms with Crippen molar-refractivity contribution in [2.45, 2.75) is 33.2 Å². The first-order valence-corrected chi connectivity index (χ1v) is 8.40. The highest BCUT2D eigenvalue weighted by Gasteiger charge is 2.17. The molecule has 1 aromatic carbocycles. The lowest BCUT2D eigenvalue weighted by atomic mass is 9.99. The molecule has 0 saturated heterocycles. The number of nitrogens with one attached hydrogen (secondary N) is 1. The first kappa shape index (κ1) is 16.3. The molecule has 1 N–H and O–H groups in total. The van der Waals surface area contributed by atoms with Crippen molar-refractivity contribution in [2.24, 2.45) is 0 Å². The van der Waals surface area contributed by atoms with E-state index in [1.54, 1.807) is 18.4 Å². The van der Waals surface area contributed by atoms with Crippen LogP contribution in [0.2, 0.25) is 4.34 Å². The van der Waals surface area contributed by atoms with E-state index in [0.29, 0.717) is 0 Å². The molecule has 1 heterocycles. The minimum absolute atomic E-state index is 0.186. The van der Waals surface area contributed by atoms with Gasteiger partial charge >= 0.3 is 0 Å². The zero-order chi connectivity index (χ0) is 15.4. The van der Waals surface area contributed by atoms with E-state index in [0.717, 1.165) is 23.1 Å². The van der Waals surface area contributed by atoms with Crippen molar-refractivity contribution in [1.29, 1.82) is 0 Å². The van der Waals surface area contributed by atoms with Gasteiger partial charge in [0.25, 0.3) is 0 Å². The van der Waals surface area contributed by atoms with E-state index in [4.69, 9.17) is 16.3 Å². The molecule has 0 saturated carbocycles. The van der Waals surface area contributed by atoms with Crippen LogP contribution < -0.4 is 10.1 Å². The normalized spacial score (nSPS) is 12.4. The van der Waals surface area contributed by atoms with E-state index in [9.17, 15) is 0 Å². The first-order chi connectivity index (χ1) is 10.1. The van der Waals surface area contributed by atoms with Crippen LogP contribution in [0.3, 0.4) is 0 Å². The Morgan fingerprint density at radius 1 is 1.24 bits per heavy atom. The van der Waals surface area contributed by atoms with Crippen LogP contribution in [-0.2, 0) is 0 Å². The van der Waals surface area contributed by atoms with Gasteiger partial charge in [-0.25, -0.2) is 0 Å². The van der Waals surface area contributed by atoms with Gasteiger partial charge in [0.15, 0.2) is 0 Å². The zero-order valence-corrected chi connectivity index (χ0v) is 14.6. The van der Waals surface area contributed by atoms with Gasteiger partial charge in [-0.3, -0.25) is 0 Å². The van der Waals surface area contributed by atoms with Gasteiger partial charge in [-0.15, -0.1) is 11.3 Å². The van der Waals surface area contributed by atoms with Crippen molar-refractivity contribution in [2.75, 3.05) is 13.7 Å². The monoisotopic (exact) mass is 323 g/mol. The number of benzene rings is 1. The predicted octanol–water partition coefficient (Wildman–Crippen LogP) is 5.12. The number of aryl methyl sites for hydroxylation is 2. The van der Waals surface area contributed by atoms with Crippen LogP contribution in [0.4, 0.5) is 0 Å². The van der Waals surface area contributed by atoms with Crippen LogP contribution in [-0.4, -0.2) is 13.7 Å². The SMILES string of the molecule is CCCNC(c1cc(C)c(OC)c(C)c1)c1ccc(Cl)s1. The van der Waals surface area contributed by atoms with E-state index >= 15 is 0 Å². The number of thiophene rings is 1. The summed E-state index contributed by atoms with van der Waals surface area (Å²) in [5.74, 6) is 0.970. The lowest BCUT2D eigenvalue weighted by Crippen LogP contribution is -2.22. The molecule has 1 aromatic heterocycles. The third kappa shape index (κ3) is 3.79. The molecule has 0 fully saturated rings. The smallest absolute Gasteiger partial charge is 0.124 e. The number of rotatable bonds is 6. The van der Waals surface area contributed by atoms with Crippen LogP contribution in [0.15, 0.2) is 24.3 Å². The molecule has 1 unspecified atom stereocenters. The summed E-state index contributed by atoms with van der Waals surface area (Å²) >= 11 is 7.74. The molecule has 2 nitrogen and oxygen atoms in total. The van der Waals surface area contributed by atoms with Gasteiger partial charge in [0, 0.05) is 4.88 Å². The van der Waals surface area contributed by atoms with Crippen molar-refractivity contribution in [3.8, 4) is 5.75 Å². The summed E-state index contributed by atoms with van der Waals surface area (Å²) in [6.07, 6.45) is 1.10. The number of ether oxygens (including phenoxy) is 1. The highest BCUT2D eigenvalue weighted by molar-refractivity contribution is 7.16. The molecule has 0 aliphatic heterocycles. The molecule has 4 heteroatoms. The Morgan fingerprint density at radius 3 is 2.38 bits per heavy atom. The molecule has 0 radical (unpaired) electrons. The van der Waals surface area contributed by atoms with Gasteiger partial charge in [0.05, 0.1) is 17.5 Å². The second-order valence-electron chi connectivity index (χ2n) is 5.22. The van der Waals surface area contributed by atoms with Crippen LogP contribution in [0.5, 0.6) is 5.75 Å². The summed E-state index contributed by atoms with van der Waals surface area (Å²) in [7, 11) is 1.72. The standard InChI is InChI=1S/C17H22ClNOS/c1-5-8-19-16(14-6-7-15(18)21-14)13-9-11(2)17(20-4)12(3)10-13/h6-7,9-10,16,19H,5,8H2,1-4H3. The van der Waals surface area contributed by atoms with Crippen LogP contribution in [0.1, 0.15) is 41.0 Å². The average Bonchev–Trinajstić information content (AvgIpc) is 2.85. The van der Waals surface area contributed by atoms with E-state index in [2.05, 4.69) is 44.3 Å². The number of hydrogen-bond acceptors (Lipinski definition) is 3. The quantitative estimate of drug-likeness (QED) is 0.797. The molecule has 114 valence electrons. The molecule has 0 amide bonds. The van der Waals surface area contributed by atoms with E-state index in [-0.39, 0.29) is 6.04 Å². The lowest BCUT2D eigenvalue weighted by molar-refractivity contribution is 0.408. The molecular weight excluding hydrogens is 302 g/mol. The molecule has 2 aromatic rings. The Balaban J connectivity index is 2.41. The maximum Gasteiger partial charge on any atom is 0.124 e. The average molecular weight is 324 g/mol. The molecule has 0 spiro atoms. The predicted molar refractivity (Wildman–Crippen MR) is 91.9 cm³/mol. The van der Waals surface area contributed by atoms with E-state index in [1.807, 2.05) is 6.07 Å². The Kier molecular flexibility index (Phi) is 5.68. The largest absolute Gasteiger partial charge is 0.496 e. The fourth-order valence-corrected chi connectivity index (χ4v) is 3.79. The second kappa shape index (κ2) is 7.30. The molecular formula is C17H22ClNOS. The maximum atomic E-state index is 6.11. The van der Waals surface area contributed by atoms with Crippen molar-refractivity contribution in [3.63, 3.8) is 0 Å². The molecule has 0 aliphatic rings. The van der Waals surface area contributed by atoms with Gasteiger partial charge in [0.1, 0.15) is 5.75 Å². The number of hydrogen-bond donors (Lipinski definition) is 1. The maximum absolute atomic E-state index is 6.11. The second-order valence-corrected chi connectivity index (χ2v) is 6.96. The fourth-order valence-electron chi connectivity index (χ4n) is 2.63. The number of halogens is 1. The third-order valence-electron chi connectivity index (χ3n) is 3.50. The Labute approximate surface area is 136 Å². The summed E-state index contributed by atoms with van der Waals surface area (Å²) < 4.78 is 6.29. The van der Waals surface area contributed by atoms with E-state index in [1.165, 1.54) is 21.6 Å². The Hall–Kier alpha value is -1.03. The van der Waals surface area contributed by atoms with Gasteiger partial charge < -0.3 is 10.1 Å². The third-order valence-corrected chi connectivity index (χ3v) is 4.79. The fraction of sp³-hybridized carbons (Fsp3) is 0.412. The summed E-state index contributed by atoms with van der Waals surface area (Å²) in [5, 5.41) is 3.62. The summed E-state index contributed by atoms with van der Waals surface area (Å²) in [6, 6.07) is 8.66. The Bertz CT molecular complexity index is 586. The minimum atomic E-state index is 0.186. The molecule has 2 rings (SSSR count). The van der Waals surface area contributed by atoms with Gasteiger partial charge in [-0.1, -0.05) is 30.7 Å². The van der Waals surface area contributed by atoms with Crippen molar-refractivity contribution >= 4 is 22.9 Å². The molecule has 1 atom stereocenters. The molecule has 0 aliphatic carbocycles. The topological polar surface area (TPSA) is 21.3 Å². The lowest BCUT2D eigenvalue weighted by Gasteiger charge is -2.20. The summed E-state index contributed by atoms with van der Waals surface area (Å²) in [4.78, 5) is 1.25. The van der Waals surface area contributed by atoms with Crippen LogP contribution in [0, 0.1) is 13.8 Å². The van der Waals surface area contributed by atoms with Crippen LogP contribution >= 0.6 is 22.9 Å².